The summed E-state index contributed by atoms with van der Waals surface area (Å²) in [6.07, 6.45) is 1.22. The number of aryl methyl sites for hydroxylation is 1. The van der Waals surface area contributed by atoms with Crippen molar-refractivity contribution < 1.29 is 4.79 Å². The molecule has 0 spiro atoms. The minimum atomic E-state index is -0.360. The quantitative estimate of drug-likeness (QED) is 0.826. The number of benzene rings is 1. The van der Waals surface area contributed by atoms with Gasteiger partial charge in [0.15, 0.2) is 0 Å². The van der Waals surface area contributed by atoms with Gasteiger partial charge in [-0.3, -0.25) is 9.69 Å². The maximum absolute atomic E-state index is 11.3. The molecule has 2 heterocycles. The molecule has 3 rings (SSSR count). The van der Waals surface area contributed by atoms with E-state index in [1.54, 1.807) is 17.4 Å². The van der Waals surface area contributed by atoms with Crippen molar-refractivity contribution in [2.75, 3.05) is 26.7 Å². The number of primary amides is 1. The van der Waals surface area contributed by atoms with Crippen LogP contribution in [0.25, 0.3) is 0 Å². The molecule has 1 aromatic carbocycles. The zero-order valence-electron chi connectivity index (χ0n) is 14.9. The van der Waals surface area contributed by atoms with E-state index in [0.717, 1.165) is 44.0 Å². The molecule has 25 heavy (non-hydrogen) atoms. The predicted octanol–water partition coefficient (Wildman–Crippen LogP) is 2.50. The molecule has 134 valence electrons. The topological polar surface area (TPSA) is 62.5 Å². The number of amides is 1. The summed E-state index contributed by atoms with van der Waals surface area (Å²) >= 11 is 1.74. The van der Waals surface area contributed by atoms with Crippen LogP contribution in [0.1, 0.15) is 32.9 Å². The van der Waals surface area contributed by atoms with Crippen molar-refractivity contribution in [2.45, 2.75) is 26.4 Å². The third-order valence-corrected chi connectivity index (χ3v) is 5.74. The van der Waals surface area contributed by atoms with Gasteiger partial charge < -0.3 is 10.6 Å². The smallest absolute Gasteiger partial charge is 0.248 e. The Balaban J connectivity index is 1.49. The van der Waals surface area contributed by atoms with Crippen LogP contribution < -0.4 is 5.73 Å². The average molecular weight is 359 g/mol. The first-order chi connectivity index (χ1) is 12.0. The maximum atomic E-state index is 11.3. The zero-order valence-corrected chi connectivity index (χ0v) is 15.8. The standard InChI is InChI=1S/C19H26N4OS/c1-14-18(25-13-21-14)12-22(2)9-16-6-7-23(11-16)10-15-4-3-5-17(8-15)19(20)24/h3-5,8,13,16H,6-7,9-12H2,1-2H3,(H2,20,24)/t16-/m1/s1. The molecule has 0 saturated carbocycles. The molecule has 2 aromatic rings. The van der Waals surface area contributed by atoms with Crippen LogP contribution >= 0.6 is 11.3 Å². The van der Waals surface area contributed by atoms with Gasteiger partial charge in [0.05, 0.1) is 11.2 Å². The Morgan fingerprint density at radius 1 is 1.48 bits per heavy atom. The van der Waals surface area contributed by atoms with E-state index in [2.05, 4.69) is 34.8 Å². The number of nitrogens with two attached hydrogens (primary N) is 1. The molecule has 0 aliphatic carbocycles. The molecule has 1 aliphatic heterocycles. The van der Waals surface area contributed by atoms with Gasteiger partial charge in [-0.2, -0.15) is 0 Å². The number of hydrogen-bond acceptors (Lipinski definition) is 5. The van der Waals surface area contributed by atoms with Gasteiger partial charge in [0.1, 0.15) is 0 Å². The van der Waals surface area contributed by atoms with Gasteiger partial charge in [0.25, 0.3) is 0 Å². The van der Waals surface area contributed by atoms with Crippen LogP contribution in [-0.2, 0) is 13.1 Å². The molecule has 1 saturated heterocycles. The first-order valence-corrected chi connectivity index (χ1v) is 9.58. The number of rotatable bonds is 7. The second-order valence-corrected chi connectivity index (χ2v) is 7.95. The van der Waals surface area contributed by atoms with Crippen molar-refractivity contribution in [3.63, 3.8) is 0 Å². The predicted molar refractivity (Wildman–Crippen MR) is 102 cm³/mol. The van der Waals surface area contributed by atoms with Crippen molar-refractivity contribution >= 4 is 17.2 Å². The Hall–Kier alpha value is -1.76. The highest BCUT2D eigenvalue weighted by Crippen LogP contribution is 2.21. The minimum Gasteiger partial charge on any atom is -0.366 e. The number of nitrogens with zero attached hydrogens (tertiary/aromatic N) is 3. The Kier molecular flexibility index (Phi) is 5.83. The average Bonchev–Trinajstić information content (AvgIpc) is 3.17. The lowest BCUT2D eigenvalue weighted by atomic mass is 10.1. The Morgan fingerprint density at radius 3 is 3.04 bits per heavy atom. The first kappa shape index (κ1) is 18.0. The van der Waals surface area contributed by atoms with E-state index in [-0.39, 0.29) is 5.91 Å². The van der Waals surface area contributed by atoms with E-state index in [9.17, 15) is 4.79 Å². The second kappa shape index (κ2) is 8.08. The molecular weight excluding hydrogens is 332 g/mol. The number of aromatic nitrogens is 1. The number of thiazole rings is 1. The molecule has 1 aliphatic rings. The van der Waals surface area contributed by atoms with E-state index in [0.29, 0.717) is 11.5 Å². The Morgan fingerprint density at radius 2 is 2.32 bits per heavy atom. The third-order valence-electron chi connectivity index (χ3n) is 4.82. The molecule has 0 bridgehead atoms. The van der Waals surface area contributed by atoms with E-state index in [4.69, 9.17) is 5.73 Å². The van der Waals surface area contributed by atoms with Gasteiger partial charge >= 0.3 is 0 Å². The summed E-state index contributed by atoms with van der Waals surface area (Å²) in [4.78, 5) is 21.9. The molecule has 2 N–H and O–H groups in total. The summed E-state index contributed by atoms with van der Waals surface area (Å²) in [5, 5.41) is 0. The molecule has 1 fully saturated rings. The Labute approximate surface area is 153 Å². The summed E-state index contributed by atoms with van der Waals surface area (Å²) in [7, 11) is 2.19. The largest absolute Gasteiger partial charge is 0.366 e. The van der Waals surface area contributed by atoms with E-state index >= 15 is 0 Å². The third kappa shape index (κ3) is 4.87. The second-order valence-electron chi connectivity index (χ2n) is 7.01. The number of carbonyl (C=O) groups excluding carboxylic acids is 1. The van der Waals surface area contributed by atoms with Gasteiger partial charge in [-0.1, -0.05) is 12.1 Å². The summed E-state index contributed by atoms with van der Waals surface area (Å²) in [5.74, 6) is 0.332. The van der Waals surface area contributed by atoms with Crippen molar-refractivity contribution in [3.8, 4) is 0 Å². The van der Waals surface area contributed by atoms with E-state index in [1.807, 2.05) is 17.6 Å². The molecule has 0 unspecified atom stereocenters. The fraction of sp³-hybridized carbons (Fsp3) is 0.474. The number of carbonyl (C=O) groups is 1. The molecule has 1 aromatic heterocycles. The van der Waals surface area contributed by atoms with Crippen LogP contribution in [0.3, 0.4) is 0 Å². The maximum Gasteiger partial charge on any atom is 0.248 e. The first-order valence-electron chi connectivity index (χ1n) is 8.70. The van der Waals surface area contributed by atoms with Gasteiger partial charge in [0.2, 0.25) is 5.91 Å². The van der Waals surface area contributed by atoms with Crippen molar-refractivity contribution in [1.29, 1.82) is 0 Å². The van der Waals surface area contributed by atoms with Gasteiger partial charge in [-0.05, 0) is 50.6 Å². The fourth-order valence-corrected chi connectivity index (χ4v) is 4.37. The van der Waals surface area contributed by atoms with Gasteiger partial charge in [0, 0.05) is 36.6 Å². The van der Waals surface area contributed by atoms with E-state index < -0.39 is 0 Å². The highest BCUT2D eigenvalue weighted by Gasteiger charge is 2.24. The van der Waals surface area contributed by atoms with Gasteiger partial charge in [-0.25, -0.2) is 4.98 Å². The zero-order chi connectivity index (χ0) is 17.8. The highest BCUT2D eigenvalue weighted by molar-refractivity contribution is 7.09. The normalized spacial score (nSPS) is 18.1. The molecule has 6 heteroatoms. The lowest BCUT2D eigenvalue weighted by molar-refractivity contribution is 0.1000. The minimum absolute atomic E-state index is 0.360. The Bertz CT molecular complexity index is 730. The van der Waals surface area contributed by atoms with Crippen molar-refractivity contribution in [3.05, 3.63) is 51.5 Å². The molecule has 1 amide bonds. The van der Waals surface area contributed by atoms with E-state index in [1.165, 1.54) is 11.3 Å². The summed E-state index contributed by atoms with van der Waals surface area (Å²) in [6.45, 7) is 7.26. The van der Waals surface area contributed by atoms with Gasteiger partial charge in [-0.15, -0.1) is 11.3 Å². The van der Waals surface area contributed by atoms with Crippen LogP contribution in [0, 0.1) is 12.8 Å². The van der Waals surface area contributed by atoms with Crippen LogP contribution in [-0.4, -0.2) is 47.4 Å². The lowest BCUT2D eigenvalue weighted by Gasteiger charge is -2.21. The number of likely N-dealkylation sites (tertiary alicyclic amines) is 1. The number of hydrogen-bond donors (Lipinski definition) is 1. The molecular formula is C19H26N4OS. The lowest BCUT2D eigenvalue weighted by Crippen LogP contribution is -2.28. The molecule has 0 radical (unpaired) electrons. The fourth-order valence-electron chi connectivity index (χ4n) is 3.52. The molecule has 5 nitrogen and oxygen atoms in total. The van der Waals surface area contributed by atoms with Crippen LogP contribution in [0.2, 0.25) is 0 Å². The SMILES string of the molecule is Cc1ncsc1CN(C)C[C@H]1CCN(Cc2cccc(C(N)=O)c2)C1. The summed E-state index contributed by atoms with van der Waals surface area (Å²) in [5.41, 5.74) is 10.2. The summed E-state index contributed by atoms with van der Waals surface area (Å²) < 4.78 is 0. The highest BCUT2D eigenvalue weighted by atomic mass is 32.1. The summed E-state index contributed by atoms with van der Waals surface area (Å²) in [6, 6.07) is 7.66. The van der Waals surface area contributed by atoms with Crippen LogP contribution in [0.5, 0.6) is 0 Å². The van der Waals surface area contributed by atoms with Crippen LogP contribution in [0.15, 0.2) is 29.8 Å². The van der Waals surface area contributed by atoms with Crippen molar-refractivity contribution in [2.24, 2.45) is 11.7 Å². The van der Waals surface area contributed by atoms with Crippen molar-refractivity contribution in [1.82, 2.24) is 14.8 Å². The monoisotopic (exact) mass is 358 g/mol. The molecule has 1 atom stereocenters. The van der Waals surface area contributed by atoms with Crippen LogP contribution in [0.4, 0.5) is 0 Å².